The molecule has 5 nitrogen and oxygen atoms in total. The van der Waals surface area contributed by atoms with Crippen molar-refractivity contribution in [1.82, 2.24) is 4.98 Å². The summed E-state index contributed by atoms with van der Waals surface area (Å²) >= 11 is 2.59. The van der Waals surface area contributed by atoms with E-state index in [1.807, 2.05) is 30.5 Å². The van der Waals surface area contributed by atoms with Crippen molar-refractivity contribution < 1.29 is 14.3 Å². The van der Waals surface area contributed by atoms with Crippen LogP contribution in [-0.4, -0.2) is 29.5 Å². The van der Waals surface area contributed by atoms with Crippen molar-refractivity contribution in [2.24, 2.45) is 0 Å². The molecule has 24 heavy (non-hydrogen) atoms. The molecule has 2 heterocycles. The van der Waals surface area contributed by atoms with Crippen LogP contribution in [0.15, 0.2) is 34.7 Å². The van der Waals surface area contributed by atoms with E-state index >= 15 is 0 Å². The van der Waals surface area contributed by atoms with Crippen LogP contribution in [0.4, 0.5) is 0 Å². The number of ketones is 1. The molecule has 1 aliphatic heterocycles. The Bertz CT molecular complexity index is 800. The van der Waals surface area contributed by atoms with Gasteiger partial charge in [-0.2, -0.15) is 0 Å². The minimum atomic E-state index is -0.564. The second-order valence-electron chi connectivity index (χ2n) is 4.99. The smallest absolute Gasteiger partial charge is 0.186 e. The Morgan fingerprint density at radius 3 is 2.88 bits per heavy atom. The third kappa shape index (κ3) is 3.22. The van der Waals surface area contributed by atoms with Crippen molar-refractivity contribution >= 4 is 40.0 Å². The van der Waals surface area contributed by atoms with Crippen molar-refractivity contribution in [3.8, 4) is 11.5 Å². The normalized spacial score (nSPS) is 19.1. The molecule has 7 heteroatoms. The first-order chi connectivity index (χ1) is 11.6. The van der Waals surface area contributed by atoms with Gasteiger partial charge in [0.1, 0.15) is 10.9 Å². The number of carbonyl (C=O) groups excluding carboxylic acids is 1. The Labute approximate surface area is 148 Å². The topological polar surface area (TPSA) is 72.3 Å². The fraction of sp³-hybridized carbons (Fsp3) is 0.235. The number of methoxy groups -OCH3 is 1. The van der Waals surface area contributed by atoms with Crippen LogP contribution in [0.1, 0.15) is 23.4 Å². The van der Waals surface area contributed by atoms with Crippen molar-refractivity contribution in [1.29, 1.82) is 5.41 Å². The molecule has 1 atom stereocenters. The van der Waals surface area contributed by atoms with E-state index in [1.165, 1.54) is 23.1 Å². The molecule has 0 bridgehead atoms. The molecule has 1 N–H and O–H groups in total. The first kappa shape index (κ1) is 16.7. The number of aromatic nitrogens is 1. The highest BCUT2D eigenvalue weighted by Crippen LogP contribution is 2.41. The number of nitrogens with one attached hydrogen (secondary N) is 1. The quantitative estimate of drug-likeness (QED) is 0.817. The molecule has 0 spiro atoms. The number of thioether (sulfide) groups is 1. The molecule has 1 aromatic heterocycles. The molecule has 0 unspecified atom stereocenters. The molecular formula is C17H16N2O3S2. The van der Waals surface area contributed by atoms with Crippen molar-refractivity contribution in [3.05, 3.63) is 45.3 Å². The van der Waals surface area contributed by atoms with Gasteiger partial charge in [0.05, 0.1) is 23.7 Å². The van der Waals surface area contributed by atoms with Crippen molar-refractivity contribution in [2.75, 3.05) is 13.7 Å². The lowest BCUT2D eigenvalue weighted by Gasteiger charge is -2.09. The molecule has 0 aliphatic carbocycles. The summed E-state index contributed by atoms with van der Waals surface area (Å²) < 4.78 is 10.8. The molecule has 0 saturated carbocycles. The second kappa shape index (κ2) is 7.19. The maximum atomic E-state index is 12.6. The Morgan fingerprint density at radius 2 is 2.21 bits per heavy atom. The Balaban J connectivity index is 1.89. The zero-order valence-corrected chi connectivity index (χ0v) is 14.9. The van der Waals surface area contributed by atoms with Gasteiger partial charge in [0.2, 0.25) is 0 Å². The highest BCUT2D eigenvalue weighted by Gasteiger charge is 2.38. The van der Waals surface area contributed by atoms with E-state index < -0.39 is 5.92 Å². The predicted octanol–water partition coefficient (Wildman–Crippen LogP) is 3.97. The molecule has 0 radical (unpaired) electrons. The molecule has 0 amide bonds. The lowest BCUT2D eigenvalue weighted by atomic mass is 10.0. The van der Waals surface area contributed by atoms with Crippen molar-refractivity contribution in [2.45, 2.75) is 12.8 Å². The highest BCUT2D eigenvalue weighted by molar-refractivity contribution is 8.19. The van der Waals surface area contributed by atoms with E-state index in [1.54, 1.807) is 19.4 Å². The molecule has 1 fully saturated rings. The van der Waals surface area contributed by atoms with Gasteiger partial charge in [0.25, 0.3) is 0 Å². The van der Waals surface area contributed by atoms with Gasteiger partial charge in [-0.05, 0) is 30.7 Å². The summed E-state index contributed by atoms with van der Waals surface area (Å²) in [6.07, 6.45) is 3.44. The van der Waals surface area contributed by atoms with Crippen LogP contribution in [0.3, 0.4) is 0 Å². The maximum Gasteiger partial charge on any atom is 0.186 e. The molecule has 3 rings (SSSR count). The number of allylic oxidation sites excluding steroid dienone is 1. The van der Waals surface area contributed by atoms with Gasteiger partial charge < -0.3 is 9.47 Å². The molecule has 1 aliphatic rings. The molecule has 124 valence electrons. The van der Waals surface area contributed by atoms with E-state index in [2.05, 4.69) is 4.98 Å². The minimum Gasteiger partial charge on any atom is -0.493 e. The first-order valence-corrected chi connectivity index (χ1v) is 9.06. The van der Waals surface area contributed by atoms with Crippen LogP contribution in [0, 0.1) is 5.41 Å². The van der Waals surface area contributed by atoms with Crippen LogP contribution in [0.2, 0.25) is 0 Å². The van der Waals surface area contributed by atoms with E-state index in [-0.39, 0.29) is 5.78 Å². The number of carbonyl (C=O) groups is 1. The highest BCUT2D eigenvalue weighted by atomic mass is 32.2. The Hall–Kier alpha value is -2.12. The largest absolute Gasteiger partial charge is 0.493 e. The van der Waals surface area contributed by atoms with Gasteiger partial charge in [-0.15, -0.1) is 11.3 Å². The number of benzene rings is 1. The third-order valence-corrected chi connectivity index (χ3v) is 5.31. The standard InChI is InChI=1S/C17H16N2O3S2/c1-3-22-11-5-4-10(8-12(11)21-2)9-13-15(20)14(16(18)24-13)17-19-6-7-23-17/h4-9,14,18H,3H2,1-2H3/b13-9-,18-16?/t14-/m0/s1. The lowest BCUT2D eigenvalue weighted by molar-refractivity contribution is -0.114. The predicted molar refractivity (Wildman–Crippen MR) is 97.3 cm³/mol. The monoisotopic (exact) mass is 360 g/mol. The summed E-state index contributed by atoms with van der Waals surface area (Å²) in [5, 5.41) is 10.9. The lowest BCUT2D eigenvalue weighted by Crippen LogP contribution is -2.11. The van der Waals surface area contributed by atoms with Gasteiger partial charge >= 0.3 is 0 Å². The summed E-state index contributed by atoms with van der Waals surface area (Å²) in [4.78, 5) is 17.4. The Morgan fingerprint density at radius 1 is 1.38 bits per heavy atom. The third-order valence-electron chi connectivity index (χ3n) is 3.47. The number of hydrogen-bond donors (Lipinski definition) is 1. The summed E-state index contributed by atoms with van der Waals surface area (Å²) in [5.41, 5.74) is 0.832. The number of nitrogens with zero attached hydrogens (tertiary/aromatic N) is 1. The average Bonchev–Trinajstić information content (AvgIpc) is 3.18. The number of thiazole rings is 1. The summed E-state index contributed by atoms with van der Waals surface area (Å²) in [6.45, 7) is 2.46. The molecule has 2 aromatic rings. The van der Waals surface area contributed by atoms with E-state index in [4.69, 9.17) is 14.9 Å². The van der Waals surface area contributed by atoms with Crippen LogP contribution >= 0.6 is 23.1 Å². The van der Waals surface area contributed by atoms with Crippen molar-refractivity contribution in [3.63, 3.8) is 0 Å². The van der Waals surface area contributed by atoms with Gasteiger partial charge in [-0.25, -0.2) is 4.98 Å². The van der Waals surface area contributed by atoms with Crippen LogP contribution in [0.25, 0.3) is 6.08 Å². The van der Waals surface area contributed by atoms with Crippen LogP contribution < -0.4 is 9.47 Å². The second-order valence-corrected chi connectivity index (χ2v) is 7.00. The SMILES string of the molecule is CCOc1ccc(/C=C2\SC(=N)[C@@H](c3nccs3)C2=O)cc1OC. The summed E-state index contributed by atoms with van der Waals surface area (Å²) in [6, 6.07) is 5.52. The fourth-order valence-electron chi connectivity index (χ4n) is 2.39. The first-order valence-electron chi connectivity index (χ1n) is 7.36. The zero-order chi connectivity index (χ0) is 17.1. The van der Waals surface area contributed by atoms with Crippen LogP contribution in [-0.2, 0) is 4.79 Å². The minimum absolute atomic E-state index is 0.0761. The maximum absolute atomic E-state index is 12.6. The van der Waals surface area contributed by atoms with Gasteiger partial charge in [-0.1, -0.05) is 17.8 Å². The van der Waals surface area contributed by atoms with Gasteiger partial charge in [-0.3, -0.25) is 10.2 Å². The van der Waals surface area contributed by atoms with Gasteiger partial charge in [0, 0.05) is 11.6 Å². The van der Waals surface area contributed by atoms with E-state index in [9.17, 15) is 4.79 Å². The number of Topliss-reactive ketones (excluding diaryl/α,β-unsaturated/α-hetero) is 1. The number of ether oxygens (including phenoxy) is 2. The molecular weight excluding hydrogens is 344 g/mol. The Kier molecular flexibility index (Phi) is 5.01. The average molecular weight is 360 g/mol. The van der Waals surface area contributed by atoms with Gasteiger partial charge in [0.15, 0.2) is 17.3 Å². The summed E-state index contributed by atoms with van der Waals surface area (Å²) in [5.74, 6) is 0.646. The van der Waals surface area contributed by atoms with E-state index in [0.717, 1.165) is 5.56 Å². The van der Waals surface area contributed by atoms with E-state index in [0.29, 0.717) is 33.1 Å². The molecule has 1 saturated heterocycles. The number of hydrogen-bond acceptors (Lipinski definition) is 7. The fourth-order valence-corrected chi connectivity index (χ4v) is 4.20. The van der Waals surface area contributed by atoms with Crippen LogP contribution in [0.5, 0.6) is 11.5 Å². The summed E-state index contributed by atoms with van der Waals surface area (Å²) in [7, 11) is 1.58. The zero-order valence-electron chi connectivity index (χ0n) is 13.2. The number of rotatable bonds is 5. The molecule has 1 aromatic carbocycles.